The Morgan fingerprint density at radius 1 is 0.488 bits per heavy atom. The molecule has 0 spiro atoms. The average Bonchev–Trinajstić information content (AvgIpc) is 2.99. The van der Waals surface area contributed by atoms with Crippen LogP contribution in [0.1, 0.15) is 51.0 Å². The molecule has 0 bridgehead atoms. The van der Waals surface area contributed by atoms with Crippen LogP contribution in [-0.4, -0.2) is 106 Å². The molecular weight excluding hydrogens is 528 g/mol. The maximum Gasteiger partial charge on any atom is 0.119 e. The molecule has 0 amide bonds. The lowest BCUT2D eigenvalue weighted by molar-refractivity contribution is -0.0222. The van der Waals surface area contributed by atoms with E-state index in [1.54, 1.807) is 0 Å². The third-order valence-corrected chi connectivity index (χ3v) is 5.93. The van der Waals surface area contributed by atoms with Gasteiger partial charge in [-0.3, -0.25) is 0 Å². The molecule has 0 aromatic heterocycles. The third kappa shape index (κ3) is 26.9. The summed E-state index contributed by atoms with van der Waals surface area (Å²) in [5.41, 5.74) is 1.38. The summed E-state index contributed by atoms with van der Waals surface area (Å²) in [4.78, 5) is 0. The molecule has 0 saturated heterocycles. The highest BCUT2D eigenvalue weighted by Crippen LogP contribution is 2.15. The highest BCUT2D eigenvalue weighted by atomic mass is 16.6. The summed E-state index contributed by atoms with van der Waals surface area (Å²) in [7, 11) is 0. The van der Waals surface area contributed by atoms with Gasteiger partial charge in [0.05, 0.1) is 98.8 Å². The number of rotatable bonds is 33. The molecule has 0 aliphatic carbocycles. The fourth-order valence-electron chi connectivity index (χ4n) is 3.69. The van der Waals surface area contributed by atoms with E-state index in [4.69, 9.17) is 42.6 Å². The molecule has 41 heavy (non-hydrogen) atoms. The molecule has 0 aliphatic heterocycles. The Labute approximate surface area is 248 Å². The summed E-state index contributed by atoms with van der Waals surface area (Å²) < 4.78 is 48.9. The van der Waals surface area contributed by atoms with Crippen LogP contribution in [0.4, 0.5) is 0 Å². The molecule has 0 heterocycles. The fraction of sp³-hybridized carbons (Fsp3) is 0.750. The van der Waals surface area contributed by atoms with Crippen molar-refractivity contribution in [3.63, 3.8) is 0 Å². The normalized spacial score (nSPS) is 11.1. The Balaban J connectivity index is 1.74. The SMILES string of the molecule is C=COCCOCCOCCOCCOCCOCCOCCOCCOc1ccc(CCCCCCCC)cc1. The zero-order valence-corrected chi connectivity index (χ0v) is 25.5. The van der Waals surface area contributed by atoms with E-state index in [2.05, 4.69) is 37.8 Å². The molecule has 0 saturated carbocycles. The largest absolute Gasteiger partial charge is 0.499 e. The van der Waals surface area contributed by atoms with Crippen molar-refractivity contribution in [3.05, 3.63) is 42.7 Å². The minimum absolute atomic E-state index is 0.508. The molecular formula is C32H56O9. The predicted octanol–water partition coefficient (Wildman–Crippen LogP) is 5.24. The first-order valence-corrected chi connectivity index (χ1v) is 15.3. The van der Waals surface area contributed by atoms with Crippen LogP contribution in [0.2, 0.25) is 0 Å². The fourth-order valence-corrected chi connectivity index (χ4v) is 3.69. The Morgan fingerprint density at radius 2 is 0.878 bits per heavy atom. The lowest BCUT2D eigenvalue weighted by Gasteiger charge is -2.09. The van der Waals surface area contributed by atoms with Gasteiger partial charge in [-0.05, 0) is 30.5 Å². The summed E-state index contributed by atoms with van der Waals surface area (Å²) in [5, 5.41) is 0. The van der Waals surface area contributed by atoms with E-state index in [0.717, 1.165) is 12.2 Å². The van der Waals surface area contributed by atoms with Gasteiger partial charge in [0.2, 0.25) is 0 Å². The summed E-state index contributed by atoms with van der Waals surface area (Å²) in [6, 6.07) is 8.44. The lowest BCUT2D eigenvalue weighted by atomic mass is 10.0. The summed E-state index contributed by atoms with van der Waals surface area (Å²) in [6.07, 6.45) is 10.5. The Hall–Kier alpha value is -1.72. The smallest absolute Gasteiger partial charge is 0.119 e. The van der Waals surface area contributed by atoms with E-state index in [-0.39, 0.29) is 0 Å². The first kappa shape index (κ1) is 37.3. The zero-order valence-electron chi connectivity index (χ0n) is 25.5. The molecule has 0 unspecified atom stereocenters. The van der Waals surface area contributed by atoms with Crippen molar-refractivity contribution in [2.24, 2.45) is 0 Å². The van der Waals surface area contributed by atoms with Gasteiger partial charge in [0.1, 0.15) is 19.0 Å². The van der Waals surface area contributed by atoms with Crippen LogP contribution in [0.15, 0.2) is 37.1 Å². The standard InChI is InChI=1S/C32H56O9/c1-3-5-6-7-8-9-10-31-11-13-32(14-12-31)41-30-29-40-28-27-39-26-25-38-24-23-37-22-21-36-20-19-35-18-17-34-16-15-33-4-2/h4,11-14H,2-3,5-10,15-30H2,1H3. The van der Waals surface area contributed by atoms with E-state index in [0.29, 0.717) is 106 Å². The highest BCUT2D eigenvalue weighted by Gasteiger charge is 1.98. The number of unbranched alkanes of at least 4 members (excludes halogenated alkanes) is 5. The number of ether oxygens (including phenoxy) is 9. The van der Waals surface area contributed by atoms with Gasteiger partial charge < -0.3 is 42.6 Å². The first-order valence-electron chi connectivity index (χ1n) is 15.3. The number of aryl methyl sites for hydroxylation is 1. The van der Waals surface area contributed by atoms with E-state index in [1.807, 2.05) is 0 Å². The van der Waals surface area contributed by atoms with E-state index in [1.165, 1.54) is 50.4 Å². The molecule has 0 N–H and O–H groups in total. The van der Waals surface area contributed by atoms with Crippen molar-refractivity contribution >= 4 is 0 Å². The molecule has 0 fully saturated rings. The van der Waals surface area contributed by atoms with Gasteiger partial charge >= 0.3 is 0 Å². The molecule has 9 nitrogen and oxygen atoms in total. The van der Waals surface area contributed by atoms with E-state index >= 15 is 0 Å². The van der Waals surface area contributed by atoms with Gasteiger partial charge in [-0.1, -0.05) is 57.7 Å². The summed E-state index contributed by atoms with van der Waals surface area (Å²) in [5.74, 6) is 0.888. The minimum Gasteiger partial charge on any atom is -0.499 e. The van der Waals surface area contributed by atoms with Crippen molar-refractivity contribution in [2.75, 3.05) is 106 Å². The molecule has 0 radical (unpaired) electrons. The number of benzene rings is 1. The van der Waals surface area contributed by atoms with Gasteiger partial charge in [0, 0.05) is 0 Å². The number of hydrogen-bond acceptors (Lipinski definition) is 9. The van der Waals surface area contributed by atoms with Crippen molar-refractivity contribution in [3.8, 4) is 5.75 Å². The van der Waals surface area contributed by atoms with Crippen molar-refractivity contribution < 1.29 is 42.6 Å². The Morgan fingerprint density at radius 3 is 1.32 bits per heavy atom. The highest BCUT2D eigenvalue weighted by molar-refractivity contribution is 5.27. The van der Waals surface area contributed by atoms with E-state index in [9.17, 15) is 0 Å². The quantitative estimate of drug-likeness (QED) is 0.0813. The lowest BCUT2D eigenvalue weighted by Crippen LogP contribution is -2.15. The second kappa shape index (κ2) is 31.2. The second-order valence-corrected chi connectivity index (χ2v) is 9.33. The predicted molar refractivity (Wildman–Crippen MR) is 161 cm³/mol. The van der Waals surface area contributed by atoms with Gasteiger partial charge in [-0.15, -0.1) is 0 Å². The molecule has 1 aromatic carbocycles. The van der Waals surface area contributed by atoms with Gasteiger partial charge in [0.25, 0.3) is 0 Å². The van der Waals surface area contributed by atoms with Crippen molar-refractivity contribution in [1.82, 2.24) is 0 Å². The second-order valence-electron chi connectivity index (χ2n) is 9.33. The monoisotopic (exact) mass is 584 g/mol. The van der Waals surface area contributed by atoms with Crippen LogP contribution in [0.3, 0.4) is 0 Å². The zero-order chi connectivity index (χ0) is 29.3. The van der Waals surface area contributed by atoms with Crippen molar-refractivity contribution in [2.45, 2.75) is 51.9 Å². The van der Waals surface area contributed by atoms with Crippen LogP contribution in [0.5, 0.6) is 5.75 Å². The topological polar surface area (TPSA) is 83.1 Å². The Kier molecular flexibility index (Phi) is 28.4. The first-order chi connectivity index (χ1) is 20.4. The Bertz CT molecular complexity index is 657. The van der Waals surface area contributed by atoms with E-state index < -0.39 is 0 Å². The minimum atomic E-state index is 0.508. The number of hydrogen-bond donors (Lipinski definition) is 0. The van der Waals surface area contributed by atoms with Crippen LogP contribution in [0.25, 0.3) is 0 Å². The third-order valence-electron chi connectivity index (χ3n) is 5.93. The summed E-state index contributed by atoms with van der Waals surface area (Å²) in [6.45, 7) is 14.2. The molecule has 1 rings (SSSR count). The summed E-state index contributed by atoms with van der Waals surface area (Å²) >= 11 is 0. The maximum absolute atomic E-state index is 5.76. The molecule has 238 valence electrons. The molecule has 1 aromatic rings. The molecule has 0 aliphatic rings. The maximum atomic E-state index is 5.76. The van der Waals surface area contributed by atoms with Crippen LogP contribution < -0.4 is 4.74 Å². The van der Waals surface area contributed by atoms with Gasteiger partial charge in [0.15, 0.2) is 0 Å². The van der Waals surface area contributed by atoms with Gasteiger partial charge in [-0.25, -0.2) is 0 Å². The molecule has 9 heteroatoms. The van der Waals surface area contributed by atoms with Crippen LogP contribution in [-0.2, 0) is 44.3 Å². The van der Waals surface area contributed by atoms with Crippen LogP contribution in [0, 0.1) is 0 Å². The molecule has 0 atom stereocenters. The van der Waals surface area contributed by atoms with Gasteiger partial charge in [-0.2, -0.15) is 0 Å². The average molecular weight is 585 g/mol. The van der Waals surface area contributed by atoms with Crippen LogP contribution >= 0.6 is 0 Å². The van der Waals surface area contributed by atoms with Crippen molar-refractivity contribution in [1.29, 1.82) is 0 Å².